The highest BCUT2D eigenvalue weighted by molar-refractivity contribution is 5.43. The largest absolute Gasteiger partial charge is 0.475 e. The Morgan fingerprint density at radius 2 is 2.10 bits per heavy atom. The summed E-state index contributed by atoms with van der Waals surface area (Å²) < 4.78 is 10.4. The van der Waals surface area contributed by atoms with Gasteiger partial charge in [0.25, 0.3) is 0 Å². The average molecular weight is 278 g/mol. The lowest BCUT2D eigenvalue weighted by molar-refractivity contribution is 0.144. The summed E-state index contributed by atoms with van der Waals surface area (Å²) in [6.45, 7) is 5.81. The molecule has 1 aliphatic carbocycles. The fraction of sp³-hybridized carbons (Fsp3) is 0.688. The molecule has 0 radical (unpaired) electrons. The number of anilines is 1. The van der Waals surface area contributed by atoms with E-state index >= 15 is 0 Å². The van der Waals surface area contributed by atoms with Gasteiger partial charge in [0.2, 0.25) is 5.88 Å². The quantitative estimate of drug-likeness (QED) is 0.810. The van der Waals surface area contributed by atoms with Gasteiger partial charge in [0, 0.05) is 19.2 Å². The van der Waals surface area contributed by atoms with Gasteiger partial charge in [-0.1, -0.05) is 26.7 Å². The van der Waals surface area contributed by atoms with E-state index in [1.54, 1.807) is 7.11 Å². The summed E-state index contributed by atoms with van der Waals surface area (Å²) in [7, 11) is 1.66. The number of aromatic nitrogens is 1. The summed E-state index contributed by atoms with van der Waals surface area (Å²) in [4.78, 5) is 4.32. The molecular weight excluding hydrogens is 252 g/mol. The number of ether oxygens (including phenoxy) is 2. The SMILES string of the molecule is COCCOc1ccc(NC2CCCC(C)C2C)cn1. The van der Waals surface area contributed by atoms with Crippen LogP contribution in [0, 0.1) is 11.8 Å². The Bertz CT molecular complexity index is 394. The van der Waals surface area contributed by atoms with Gasteiger partial charge in [-0.2, -0.15) is 0 Å². The molecule has 20 heavy (non-hydrogen) atoms. The lowest BCUT2D eigenvalue weighted by Crippen LogP contribution is -2.35. The predicted molar refractivity (Wildman–Crippen MR) is 81.2 cm³/mol. The molecule has 1 fully saturated rings. The third-order valence-electron chi connectivity index (χ3n) is 4.33. The lowest BCUT2D eigenvalue weighted by atomic mass is 9.78. The van der Waals surface area contributed by atoms with E-state index in [0.717, 1.165) is 11.6 Å². The van der Waals surface area contributed by atoms with Crippen LogP contribution in [0.4, 0.5) is 5.69 Å². The molecule has 0 aliphatic heterocycles. The highest BCUT2D eigenvalue weighted by Gasteiger charge is 2.26. The van der Waals surface area contributed by atoms with Crippen LogP contribution in [0.25, 0.3) is 0 Å². The minimum atomic E-state index is 0.535. The molecule has 0 amide bonds. The maximum absolute atomic E-state index is 5.47. The number of hydrogen-bond acceptors (Lipinski definition) is 4. The van der Waals surface area contributed by atoms with Gasteiger partial charge in [-0.25, -0.2) is 4.98 Å². The molecule has 0 saturated heterocycles. The number of methoxy groups -OCH3 is 1. The number of pyridine rings is 1. The molecule has 2 rings (SSSR count). The molecule has 0 bridgehead atoms. The zero-order chi connectivity index (χ0) is 14.4. The molecule has 0 spiro atoms. The zero-order valence-corrected chi connectivity index (χ0v) is 12.8. The molecule has 112 valence electrons. The Labute approximate surface area is 121 Å². The smallest absolute Gasteiger partial charge is 0.213 e. The molecule has 3 atom stereocenters. The van der Waals surface area contributed by atoms with Crippen LogP contribution in [0.3, 0.4) is 0 Å². The van der Waals surface area contributed by atoms with Crippen molar-refractivity contribution in [1.29, 1.82) is 0 Å². The van der Waals surface area contributed by atoms with Crippen LogP contribution in [0.1, 0.15) is 33.1 Å². The summed E-state index contributed by atoms with van der Waals surface area (Å²) in [5.41, 5.74) is 1.08. The first-order valence-corrected chi connectivity index (χ1v) is 7.55. The van der Waals surface area contributed by atoms with Gasteiger partial charge in [0.15, 0.2) is 0 Å². The second kappa shape index (κ2) is 7.48. The number of nitrogens with zero attached hydrogens (tertiary/aromatic N) is 1. The lowest BCUT2D eigenvalue weighted by Gasteiger charge is -2.35. The monoisotopic (exact) mass is 278 g/mol. The van der Waals surface area contributed by atoms with E-state index < -0.39 is 0 Å². The molecule has 4 heteroatoms. The third-order valence-corrected chi connectivity index (χ3v) is 4.33. The van der Waals surface area contributed by atoms with Crippen molar-refractivity contribution in [3.63, 3.8) is 0 Å². The first-order valence-electron chi connectivity index (χ1n) is 7.55. The first kappa shape index (κ1) is 15.1. The molecule has 1 N–H and O–H groups in total. The number of nitrogens with one attached hydrogen (secondary N) is 1. The van der Waals surface area contributed by atoms with E-state index in [1.165, 1.54) is 19.3 Å². The minimum Gasteiger partial charge on any atom is -0.475 e. The van der Waals surface area contributed by atoms with Crippen LogP contribution in [0.15, 0.2) is 18.3 Å². The van der Waals surface area contributed by atoms with E-state index in [9.17, 15) is 0 Å². The Balaban J connectivity index is 1.86. The van der Waals surface area contributed by atoms with Gasteiger partial charge < -0.3 is 14.8 Å². The molecule has 1 aromatic heterocycles. The zero-order valence-electron chi connectivity index (χ0n) is 12.8. The van der Waals surface area contributed by atoms with Gasteiger partial charge in [0.1, 0.15) is 6.61 Å². The maximum atomic E-state index is 5.47. The van der Waals surface area contributed by atoms with E-state index in [2.05, 4.69) is 24.1 Å². The Morgan fingerprint density at radius 3 is 2.80 bits per heavy atom. The van der Waals surface area contributed by atoms with Crippen LogP contribution >= 0.6 is 0 Å². The fourth-order valence-electron chi connectivity index (χ4n) is 2.78. The van der Waals surface area contributed by atoms with Crippen LogP contribution < -0.4 is 10.1 Å². The predicted octanol–water partition coefficient (Wildman–Crippen LogP) is 3.34. The molecule has 1 heterocycles. The molecule has 3 unspecified atom stereocenters. The topological polar surface area (TPSA) is 43.4 Å². The van der Waals surface area contributed by atoms with Crippen LogP contribution in [0.5, 0.6) is 5.88 Å². The van der Waals surface area contributed by atoms with Gasteiger partial charge in [-0.15, -0.1) is 0 Å². The van der Waals surface area contributed by atoms with Gasteiger partial charge >= 0.3 is 0 Å². The van der Waals surface area contributed by atoms with Crippen molar-refractivity contribution in [3.05, 3.63) is 18.3 Å². The average Bonchev–Trinajstić information content (AvgIpc) is 2.46. The minimum absolute atomic E-state index is 0.535. The van der Waals surface area contributed by atoms with Crippen molar-refractivity contribution in [2.75, 3.05) is 25.6 Å². The van der Waals surface area contributed by atoms with Crippen molar-refractivity contribution in [2.45, 2.75) is 39.2 Å². The van der Waals surface area contributed by atoms with Crippen molar-refractivity contribution in [2.24, 2.45) is 11.8 Å². The van der Waals surface area contributed by atoms with Crippen molar-refractivity contribution in [1.82, 2.24) is 4.98 Å². The van der Waals surface area contributed by atoms with Crippen LogP contribution in [-0.2, 0) is 4.74 Å². The summed E-state index contributed by atoms with van der Waals surface area (Å²) in [5, 5.41) is 3.61. The van der Waals surface area contributed by atoms with Gasteiger partial charge in [-0.3, -0.25) is 0 Å². The number of rotatable bonds is 6. The molecule has 1 aromatic rings. The molecule has 0 aromatic carbocycles. The van der Waals surface area contributed by atoms with E-state index in [-0.39, 0.29) is 0 Å². The summed E-state index contributed by atoms with van der Waals surface area (Å²) >= 11 is 0. The van der Waals surface area contributed by atoms with Crippen LogP contribution in [-0.4, -0.2) is 31.3 Å². The third kappa shape index (κ3) is 4.10. The van der Waals surface area contributed by atoms with E-state index in [0.29, 0.717) is 31.1 Å². The molecule has 1 aliphatic rings. The highest BCUT2D eigenvalue weighted by Crippen LogP contribution is 2.31. The first-order chi connectivity index (χ1) is 9.70. The normalized spacial score (nSPS) is 26.2. The maximum Gasteiger partial charge on any atom is 0.213 e. The van der Waals surface area contributed by atoms with Crippen molar-refractivity contribution >= 4 is 5.69 Å². The molecular formula is C16H26N2O2. The highest BCUT2D eigenvalue weighted by atomic mass is 16.5. The molecule has 1 saturated carbocycles. The Morgan fingerprint density at radius 1 is 1.25 bits per heavy atom. The van der Waals surface area contributed by atoms with Crippen molar-refractivity contribution < 1.29 is 9.47 Å². The Hall–Kier alpha value is -1.29. The summed E-state index contributed by atoms with van der Waals surface area (Å²) in [6.07, 6.45) is 5.77. The standard InChI is InChI=1S/C16H26N2O2/c1-12-5-4-6-15(13(12)2)18-14-7-8-16(17-11-14)20-10-9-19-3/h7-8,11-13,15,18H,4-6,9-10H2,1-3H3. The molecule has 4 nitrogen and oxygen atoms in total. The summed E-state index contributed by atoms with van der Waals surface area (Å²) in [6, 6.07) is 4.51. The van der Waals surface area contributed by atoms with Crippen molar-refractivity contribution in [3.8, 4) is 5.88 Å². The van der Waals surface area contributed by atoms with Crippen LogP contribution in [0.2, 0.25) is 0 Å². The van der Waals surface area contributed by atoms with E-state index in [4.69, 9.17) is 9.47 Å². The van der Waals surface area contributed by atoms with Gasteiger partial charge in [-0.05, 0) is 24.3 Å². The fourth-order valence-corrected chi connectivity index (χ4v) is 2.78. The number of hydrogen-bond donors (Lipinski definition) is 1. The van der Waals surface area contributed by atoms with Gasteiger partial charge in [0.05, 0.1) is 18.5 Å². The van der Waals surface area contributed by atoms with E-state index in [1.807, 2.05) is 18.3 Å². The Kier molecular flexibility index (Phi) is 5.65. The summed E-state index contributed by atoms with van der Waals surface area (Å²) in [5.74, 6) is 2.16. The second-order valence-corrected chi connectivity index (χ2v) is 5.74. The second-order valence-electron chi connectivity index (χ2n) is 5.74.